The van der Waals surface area contributed by atoms with Crippen molar-refractivity contribution in [2.75, 3.05) is 11.9 Å². The minimum Gasteiger partial charge on any atom is -0.444 e. The quantitative estimate of drug-likeness (QED) is 0.505. The molecule has 1 unspecified atom stereocenters. The van der Waals surface area contributed by atoms with Crippen molar-refractivity contribution in [3.63, 3.8) is 0 Å². The van der Waals surface area contributed by atoms with Crippen molar-refractivity contribution in [3.8, 4) is 0 Å². The van der Waals surface area contributed by atoms with Gasteiger partial charge in [-0.15, -0.1) is 11.8 Å². The molecule has 35 heavy (non-hydrogen) atoms. The Balaban J connectivity index is 1.72. The van der Waals surface area contributed by atoms with E-state index >= 15 is 0 Å². The van der Waals surface area contributed by atoms with Gasteiger partial charge in [0.1, 0.15) is 17.7 Å². The zero-order valence-electron chi connectivity index (χ0n) is 20.5. The zero-order valence-corrected chi connectivity index (χ0v) is 21.3. The number of nitrogens with one attached hydrogen (secondary N) is 3. The minimum absolute atomic E-state index is 0.0849. The summed E-state index contributed by atoms with van der Waals surface area (Å²) >= 11 is 1.54. The lowest BCUT2D eigenvalue weighted by Gasteiger charge is -2.27. The monoisotopic (exact) mass is 499 g/mol. The van der Waals surface area contributed by atoms with E-state index in [1.54, 1.807) is 20.8 Å². The number of thioether (sulfide) groups is 1. The summed E-state index contributed by atoms with van der Waals surface area (Å²) in [4.78, 5) is 39.7. The van der Waals surface area contributed by atoms with Crippen molar-refractivity contribution in [3.05, 3.63) is 60.2 Å². The number of carbonyl (C=O) groups is 3. The predicted molar refractivity (Wildman–Crippen MR) is 136 cm³/mol. The van der Waals surface area contributed by atoms with Crippen LogP contribution in [0.2, 0.25) is 0 Å². The highest BCUT2D eigenvalue weighted by molar-refractivity contribution is 8.00. The Kier molecular flexibility index (Phi) is 9.17. The number of fused-ring (bicyclic) bond motifs is 1. The second-order valence-corrected chi connectivity index (χ2v) is 10.5. The van der Waals surface area contributed by atoms with E-state index < -0.39 is 29.7 Å². The van der Waals surface area contributed by atoms with Crippen LogP contribution in [0.25, 0.3) is 0 Å². The van der Waals surface area contributed by atoms with Crippen molar-refractivity contribution >= 4 is 35.4 Å². The first-order valence-corrected chi connectivity index (χ1v) is 12.5. The number of ether oxygens (including phenoxy) is 2. The van der Waals surface area contributed by atoms with Gasteiger partial charge in [0.05, 0.1) is 18.9 Å². The van der Waals surface area contributed by atoms with Crippen molar-refractivity contribution in [2.24, 2.45) is 0 Å². The summed E-state index contributed by atoms with van der Waals surface area (Å²) in [5, 5.41) is 8.15. The normalized spacial score (nSPS) is 18.5. The van der Waals surface area contributed by atoms with Crippen LogP contribution in [0.1, 0.15) is 39.7 Å². The molecule has 2 aromatic carbocycles. The molecule has 1 heterocycles. The standard InChI is InChI=1S/C26H33N3O5S/c1-5-20-22(24(31)27-18-13-9-10-14-21(18)35-20)29-23(30)19(28-25(32)34-26(2,3)4)16-33-15-17-11-7-6-8-12-17/h6-14,19-20,22H,5,15-16H2,1-4H3,(H,27,31)(H,28,32)(H,29,30)/t19-,20?,22+/m0/s1. The summed E-state index contributed by atoms with van der Waals surface area (Å²) in [7, 11) is 0. The van der Waals surface area contributed by atoms with E-state index in [0.717, 1.165) is 10.5 Å². The molecule has 0 radical (unpaired) electrons. The molecule has 3 N–H and O–H groups in total. The lowest BCUT2D eigenvalue weighted by atomic mass is 10.1. The first-order valence-electron chi connectivity index (χ1n) is 11.6. The first kappa shape index (κ1) is 26.6. The molecule has 9 heteroatoms. The molecule has 0 fully saturated rings. The zero-order chi connectivity index (χ0) is 25.4. The third-order valence-corrected chi connectivity index (χ3v) is 6.70. The van der Waals surface area contributed by atoms with Crippen molar-refractivity contribution in [2.45, 2.75) is 68.6 Å². The summed E-state index contributed by atoms with van der Waals surface area (Å²) in [6, 6.07) is 15.2. The van der Waals surface area contributed by atoms with Crippen LogP contribution < -0.4 is 16.0 Å². The van der Waals surface area contributed by atoms with Gasteiger partial charge in [0, 0.05) is 10.1 Å². The van der Waals surface area contributed by atoms with Crippen LogP contribution in [0.3, 0.4) is 0 Å². The van der Waals surface area contributed by atoms with Crippen LogP contribution in [0.15, 0.2) is 59.5 Å². The molecule has 3 amide bonds. The Morgan fingerprint density at radius 1 is 1.09 bits per heavy atom. The molecule has 3 rings (SSSR count). The summed E-state index contributed by atoms with van der Waals surface area (Å²) in [5.74, 6) is -0.821. The number of alkyl carbamates (subject to hydrolysis) is 1. The molecule has 0 bridgehead atoms. The number of benzene rings is 2. The number of hydrogen-bond donors (Lipinski definition) is 3. The number of anilines is 1. The Morgan fingerprint density at radius 2 is 1.77 bits per heavy atom. The van der Waals surface area contributed by atoms with Gasteiger partial charge in [-0.1, -0.05) is 49.4 Å². The number of rotatable bonds is 8. The Morgan fingerprint density at radius 3 is 2.46 bits per heavy atom. The van der Waals surface area contributed by atoms with Crippen molar-refractivity contribution in [1.82, 2.24) is 10.6 Å². The van der Waals surface area contributed by atoms with E-state index in [1.807, 2.05) is 61.5 Å². The maximum Gasteiger partial charge on any atom is 0.408 e. The SMILES string of the molecule is CCC1Sc2ccccc2NC(=O)[C@@H]1NC(=O)[C@H](COCc1ccccc1)NC(=O)OC(C)(C)C. The van der Waals surface area contributed by atoms with Crippen molar-refractivity contribution in [1.29, 1.82) is 0 Å². The lowest BCUT2D eigenvalue weighted by molar-refractivity contribution is -0.129. The average molecular weight is 500 g/mol. The largest absolute Gasteiger partial charge is 0.444 e. The molecular weight excluding hydrogens is 466 g/mol. The molecule has 1 aliphatic heterocycles. The van der Waals surface area contributed by atoms with Gasteiger partial charge in [-0.25, -0.2) is 4.79 Å². The lowest BCUT2D eigenvalue weighted by Crippen LogP contribution is -2.57. The van der Waals surface area contributed by atoms with Gasteiger partial charge in [0.25, 0.3) is 0 Å². The van der Waals surface area contributed by atoms with Gasteiger partial charge in [-0.3, -0.25) is 9.59 Å². The van der Waals surface area contributed by atoms with Gasteiger partial charge in [-0.05, 0) is 44.9 Å². The van der Waals surface area contributed by atoms with Crippen LogP contribution >= 0.6 is 11.8 Å². The van der Waals surface area contributed by atoms with Gasteiger partial charge in [-0.2, -0.15) is 0 Å². The molecule has 1 aliphatic rings. The third kappa shape index (κ3) is 8.00. The molecule has 188 valence electrons. The molecule has 0 saturated carbocycles. The highest BCUT2D eigenvalue weighted by Gasteiger charge is 2.35. The Labute approximate surface area is 210 Å². The van der Waals surface area contributed by atoms with E-state index in [4.69, 9.17) is 9.47 Å². The number of carbonyl (C=O) groups excluding carboxylic acids is 3. The van der Waals surface area contributed by atoms with E-state index in [1.165, 1.54) is 11.8 Å². The van der Waals surface area contributed by atoms with Crippen LogP contribution in [-0.2, 0) is 25.7 Å². The van der Waals surface area contributed by atoms with Crippen LogP contribution in [-0.4, -0.2) is 47.4 Å². The molecular formula is C26H33N3O5S. The molecule has 0 saturated heterocycles. The molecule has 0 spiro atoms. The fraction of sp³-hybridized carbons (Fsp3) is 0.423. The number of para-hydroxylation sites is 1. The number of hydrogen-bond acceptors (Lipinski definition) is 6. The predicted octanol–water partition coefficient (Wildman–Crippen LogP) is 4.10. The Hall–Kier alpha value is -3.04. The molecule has 2 aromatic rings. The summed E-state index contributed by atoms with van der Waals surface area (Å²) in [6.45, 7) is 7.38. The maximum absolute atomic E-state index is 13.3. The van der Waals surface area contributed by atoms with Gasteiger partial charge < -0.3 is 25.4 Å². The van der Waals surface area contributed by atoms with Crippen LogP contribution in [0, 0.1) is 0 Å². The number of amides is 3. The fourth-order valence-electron chi connectivity index (χ4n) is 3.52. The minimum atomic E-state index is -1.05. The van der Waals surface area contributed by atoms with E-state index in [9.17, 15) is 14.4 Å². The van der Waals surface area contributed by atoms with Gasteiger partial charge in [0.15, 0.2) is 0 Å². The summed E-state index contributed by atoms with van der Waals surface area (Å²) in [5.41, 5.74) is 0.923. The van der Waals surface area contributed by atoms with Crippen LogP contribution in [0.4, 0.5) is 10.5 Å². The summed E-state index contributed by atoms with van der Waals surface area (Å²) in [6.07, 6.45) is -0.0773. The van der Waals surface area contributed by atoms with Crippen LogP contribution in [0.5, 0.6) is 0 Å². The first-order chi connectivity index (χ1) is 16.7. The summed E-state index contributed by atoms with van der Waals surface area (Å²) < 4.78 is 11.1. The Bertz CT molecular complexity index is 1030. The topological polar surface area (TPSA) is 106 Å². The molecule has 8 nitrogen and oxygen atoms in total. The maximum atomic E-state index is 13.3. The fourth-order valence-corrected chi connectivity index (χ4v) is 4.74. The molecule has 0 aromatic heterocycles. The highest BCUT2D eigenvalue weighted by atomic mass is 32.2. The van der Waals surface area contributed by atoms with E-state index in [0.29, 0.717) is 12.1 Å². The second-order valence-electron chi connectivity index (χ2n) is 9.24. The smallest absolute Gasteiger partial charge is 0.408 e. The molecule has 0 aliphatic carbocycles. The second kappa shape index (κ2) is 12.1. The van der Waals surface area contributed by atoms with Gasteiger partial charge in [0.2, 0.25) is 11.8 Å². The van der Waals surface area contributed by atoms with E-state index in [-0.39, 0.29) is 24.4 Å². The highest BCUT2D eigenvalue weighted by Crippen LogP contribution is 2.36. The average Bonchev–Trinajstić information content (AvgIpc) is 2.93. The van der Waals surface area contributed by atoms with E-state index in [2.05, 4.69) is 16.0 Å². The third-order valence-electron chi connectivity index (χ3n) is 5.18. The van der Waals surface area contributed by atoms with Gasteiger partial charge >= 0.3 is 6.09 Å². The van der Waals surface area contributed by atoms with Crippen molar-refractivity contribution < 1.29 is 23.9 Å². The molecule has 3 atom stereocenters.